The van der Waals surface area contributed by atoms with E-state index < -0.39 is 0 Å². The topological polar surface area (TPSA) is 30.3 Å². The van der Waals surface area contributed by atoms with Crippen molar-refractivity contribution in [3.63, 3.8) is 0 Å². The molecule has 2 heterocycles. The Hall–Kier alpha value is 0.0900. The van der Waals surface area contributed by atoms with Gasteiger partial charge in [-0.25, -0.2) is 0 Å². The van der Waals surface area contributed by atoms with Gasteiger partial charge in [0, 0.05) is 31.5 Å². The van der Waals surface area contributed by atoms with Crippen LogP contribution in [-0.4, -0.2) is 45.8 Å². The van der Waals surface area contributed by atoms with Crippen molar-refractivity contribution in [2.45, 2.75) is 39.5 Å². The highest BCUT2D eigenvalue weighted by Crippen LogP contribution is 2.24. The summed E-state index contributed by atoms with van der Waals surface area (Å²) in [6, 6.07) is 0. The molecule has 1 aromatic rings. The third-order valence-corrected chi connectivity index (χ3v) is 5.10. The maximum absolute atomic E-state index is 5.69. The summed E-state index contributed by atoms with van der Waals surface area (Å²) in [6.45, 7) is 8.93. The van der Waals surface area contributed by atoms with Crippen molar-refractivity contribution in [2.75, 3.05) is 25.0 Å². The monoisotopic (exact) mass is 393 g/mol. The number of nitrogens with zero attached hydrogens (tertiary/aromatic N) is 3. The Morgan fingerprint density at radius 1 is 1.42 bits per heavy atom. The highest BCUT2D eigenvalue weighted by Gasteiger charge is 2.22. The van der Waals surface area contributed by atoms with Crippen LogP contribution in [0.3, 0.4) is 0 Å². The summed E-state index contributed by atoms with van der Waals surface area (Å²) in [7, 11) is 0. The van der Waals surface area contributed by atoms with E-state index in [0.29, 0.717) is 6.10 Å². The molecular formula is C13H21Br2N3O. The van der Waals surface area contributed by atoms with E-state index >= 15 is 0 Å². The summed E-state index contributed by atoms with van der Waals surface area (Å²) in [5, 5.41) is 5.55. The molecule has 108 valence electrons. The number of aryl methyl sites for hydroxylation is 2. The van der Waals surface area contributed by atoms with Crippen molar-refractivity contribution >= 4 is 31.9 Å². The summed E-state index contributed by atoms with van der Waals surface area (Å²) in [4.78, 5) is 2.45. The highest BCUT2D eigenvalue weighted by atomic mass is 79.9. The van der Waals surface area contributed by atoms with E-state index in [-0.39, 0.29) is 0 Å². The molecule has 6 heteroatoms. The molecular weight excluding hydrogens is 374 g/mol. The first-order valence-corrected chi connectivity index (χ1v) is 8.75. The van der Waals surface area contributed by atoms with Gasteiger partial charge in [-0.2, -0.15) is 5.10 Å². The van der Waals surface area contributed by atoms with E-state index in [1.807, 2.05) is 0 Å². The Morgan fingerprint density at radius 2 is 2.21 bits per heavy atom. The predicted octanol–water partition coefficient (Wildman–Crippen LogP) is 2.82. The van der Waals surface area contributed by atoms with Crippen LogP contribution in [0.5, 0.6) is 0 Å². The number of ether oxygens (including phenoxy) is 1. The maximum atomic E-state index is 5.69. The van der Waals surface area contributed by atoms with Gasteiger partial charge < -0.3 is 4.74 Å². The summed E-state index contributed by atoms with van der Waals surface area (Å²) < 4.78 is 8.98. The molecule has 0 bridgehead atoms. The van der Waals surface area contributed by atoms with Gasteiger partial charge in [0.1, 0.15) is 0 Å². The largest absolute Gasteiger partial charge is 0.375 e. The second-order valence-electron chi connectivity index (χ2n) is 4.76. The van der Waals surface area contributed by atoms with Gasteiger partial charge in [-0.15, -0.1) is 0 Å². The quantitative estimate of drug-likeness (QED) is 0.719. The minimum Gasteiger partial charge on any atom is -0.375 e. The van der Waals surface area contributed by atoms with Crippen molar-refractivity contribution in [3.05, 3.63) is 15.9 Å². The molecule has 1 aliphatic heterocycles. The summed E-state index contributed by atoms with van der Waals surface area (Å²) in [5.41, 5.74) is 2.44. The molecule has 0 aliphatic carbocycles. The normalized spacial score (nSPS) is 20.9. The van der Waals surface area contributed by atoms with Crippen molar-refractivity contribution in [1.29, 1.82) is 0 Å². The predicted molar refractivity (Wildman–Crippen MR) is 83.8 cm³/mol. The van der Waals surface area contributed by atoms with Gasteiger partial charge in [-0.3, -0.25) is 9.58 Å². The van der Waals surface area contributed by atoms with Gasteiger partial charge in [0.25, 0.3) is 0 Å². The van der Waals surface area contributed by atoms with Crippen LogP contribution in [0.4, 0.5) is 0 Å². The van der Waals surface area contributed by atoms with E-state index in [0.717, 1.165) is 50.2 Å². The number of alkyl halides is 1. The number of hydrogen-bond acceptors (Lipinski definition) is 3. The summed E-state index contributed by atoms with van der Waals surface area (Å²) in [6.07, 6.45) is 1.27. The van der Waals surface area contributed by atoms with Crippen LogP contribution in [0.1, 0.15) is 25.2 Å². The van der Waals surface area contributed by atoms with Crippen molar-refractivity contribution in [3.8, 4) is 0 Å². The third kappa shape index (κ3) is 3.60. The number of morpholine rings is 1. The fourth-order valence-electron chi connectivity index (χ4n) is 2.40. The number of rotatable bonds is 5. The molecule has 0 spiro atoms. The van der Waals surface area contributed by atoms with Gasteiger partial charge >= 0.3 is 0 Å². The Balaban J connectivity index is 2.11. The zero-order valence-electron chi connectivity index (χ0n) is 11.5. The molecule has 1 unspecified atom stereocenters. The molecule has 1 aromatic heterocycles. The maximum Gasteiger partial charge on any atom is 0.0799 e. The molecule has 2 rings (SSSR count). The van der Waals surface area contributed by atoms with E-state index in [2.05, 4.69) is 60.4 Å². The minimum atomic E-state index is 0.302. The fraction of sp³-hybridized carbons (Fsp3) is 0.769. The van der Waals surface area contributed by atoms with Gasteiger partial charge in [0.05, 0.1) is 28.6 Å². The van der Waals surface area contributed by atoms with Crippen LogP contribution in [0.25, 0.3) is 0 Å². The van der Waals surface area contributed by atoms with E-state index in [4.69, 9.17) is 4.74 Å². The molecule has 0 aromatic carbocycles. The number of aromatic nitrogens is 2. The first-order valence-electron chi connectivity index (χ1n) is 6.83. The Kier molecular flexibility index (Phi) is 5.87. The summed E-state index contributed by atoms with van der Waals surface area (Å²) in [5.74, 6) is 0. The highest BCUT2D eigenvalue weighted by molar-refractivity contribution is 9.10. The third-order valence-electron chi connectivity index (χ3n) is 3.46. The van der Waals surface area contributed by atoms with Crippen LogP contribution in [-0.2, 0) is 24.2 Å². The van der Waals surface area contributed by atoms with E-state index in [1.54, 1.807) is 0 Å². The van der Waals surface area contributed by atoms with E-state index in [1.165, 1.54) is 10.2 Å². The SMILES string of the molecule is CCc1nn(CC)c(CN2CCOC(CBr)C2)c1Br. The van der Waals surface area contributed by atoms with Crippen molar-refractivity contribution in [1.82, 2.24) is 14.7 Å². The smallest absolute Gasteiger partial charge is 0.0799 e. The first kappa shape index (κ1) is 15.5. The molecule has 1 atom stereocenters. The Labute approximate surface area is 131 Å². The zero-order chi connectivity index (χ0) is 13.8. The van der Waals surface area contributed by atoms with Crippen LogP contribution in [0.2, 0.25) is 0 Å². The molecule has 1 fully saturated rings. The average molecular weight is 395 g/mol. The van der Waals surface area contributed by atoms with Gasteiger partial charge in [0.15, 0.2) is 0 Å². The lowest BCUT2D eigenvalue weighted by atomic mass is 10.2. The zero-order valence-corrected chi connectivity index (χ0v) is 14.7. The van der Waals surface area contributed by atoms with E-state index in [9.17, 15) is 0 Å². The van der Waals surface area contributed by atoms with Crippen molar-refractivity contribution in [2.24, 2.45) is 0 Å². The van der Waals surface area contributed by atoms with Crippen molar-refractivity contribution < 1.29 is 4.74 Å². The summed E-state index contributed by atoms with van der Waals surface area (Å²) >= 11 is 7.21. The molecule has 0 radical (unpaired) electrons. The molecule has 0 amide bonds. The molecule has 1 saturated heterocycles. The fourth-order valence-corrected chi connectivity index (χ4v) is 3.48. The number of halogens is 2. The average Bonchev–Trinajstić information content (AvgIpc) is 2.75. The van der Waals surface area contributed by atoms with Gasteiger partial charge in [0.2, 0.25) is 0 Å². The molecule has 0 N–H and O–H groups in total. The standard InChI is InChI=1S/C13H21Br2N3O/c1-3-11-13(15)12(18(4-2)16-11)9-17-5-6-19-10(7-14)8-17/h10H,3-9H2,1-2H3. The van der Waals surface area contributed by atoms with Crippen LogP contribution in [0.15, 0.2) is 4.47 Å². The number of hydrogen-bond donors (Lipinski definition) is 0. The van der Waals surface area contributed by atoms with Gasteiger partial charge in [-0.05, 0) is 29.3 Å². The lowest BCUT2D eigenvalue weighted by Gasteiger charge is -2.32. The molecule has 4 nitrogen and oxygen atoms in total. The van der Waals surface area contributed by atoms with Crippen LogP contribution >= 0.6 is 31.9 Å². The Bertz CT molecular complexity index is 422. The Morgan fingerprint density at radius 3 is 2.84 bits per heavy atom. The second kappa shape index (κ2) is 7.20. The lowest BCUT2D eigenvalue weighted by Crippen LogP contribution is -2.43. The lowest BCUT2D eigenvalue weighted by molar-refractivity contribution is -0.0189. The van der Waals surface area contributed by atoms with Crippen LogP contribution < -0.4 is 0 Å². The first-order chi connectivity index (χ1) is 9.19. The molecule has 0 saturated carbocycles. The minimum absolute atomic E-state index is 0.302. The molecule has 19 heavy (non-hydrogen) atoms. The molecule has 1 aliphatic rings. The van der Waals surface area contributed by atoms with Crippen LogP contribution in [0, 0.1) is 0 Å². The van der Waals surface area contributed by atoms with Gasteiger partial charge in [-0.1, -0.05) is 22.9 Å². The second-order valence-corrected chi connectivity index (χ2v) is 6.20.